The lowest BCUT2D eigenvalue weighted by Gasteiger charge is -2.29. The van der Waals surface area contributed by atoms with E-state index in [-0.39, 0.29) is 28.9 Å². The number of amides is 1. The van der Waals surface area contributed by atoms with Crippen molar-refractivity contribution in [2.45, 2.75) is 45.2 Å². The third-order valence-corrected chi connectivity index (χ3v) is 7.69. The summed E-state index contributed by atoms with van der Waals surface area (Å²) in [5.41, 5.74) is 4.54. The average Bonchev–Trinajstić information content (AvgIpc) is 3.52. The number of fused-ring (bicyclic) bond motifs is 2. The molecule has 2 fully saturated rings. The summed E-state index contributed by atoms with van der Waals surface area (Å²) in [6, 6.07) is 9.50. The molecule has 3 aromatic rings. The van der Waals surface area contributed by atoms with Crippen molar-refractivity contribution >= 4 is 28.3 Å². The molecule has 0 spiro atoms. The summed E-state index contributed by atoms with van der Waals surface area (Å²) in [5, 5.41) is 18.4. The lowest BCUT2D eigenvalue weighted by atomic mass is 9.84. The maximum atomic E-state index is 13.5. The zero-order chi connectivity index (χ0) is 23.9. The number of ketones is 1. The smallest absolute Gasteiger partial charge is 0.258 e. The van der Waals surface area contributed by atoms with E-state index in [2.05, 4.69) is 33.3 Å². The summed E-state index contributed by atoms with van der Waals surface area (Å²) in [4.78, 5) is 30.7. The molecule has 35 heavy (non-hydrogen) atoms. The summed E-state index contributed by atoms with van der Waals surface area (Å²) < 4.78 is 5.46. The number of anilines is 1. The van der Waals surface area contributed by atoms with Crippen LogP contribution in [0.4, 0.5) is 5.69 Å². The second kappa shape index (κ2) is 9.00. The highest BCUT2D eigenvalue weighted by Crippen LogP contribution is 2.34. The molecule has 8 nitrogen and oxygen atoms in total. The van der Waals surface area contributed by atoms with Gasteiger partial charge in [-0.3, -0.25) is 14.7 Å². The zero-order valence-corrected chi connectivity index (χ0v) is 19.8. The van der Waals surface area contributed by atoms with Crippen LogP contribution < -0.4 is 4.90 Å². The molecule has 182 valence electrons. The quantitative estimate of drug-likeness (QED) is 0.554. The molecule has 8 heteroatoms. The molecule has 3 heterocycles. The van der Waals surface area contributed by atoms with Crippen molar-refractivity contribution in [3.05, 3.63) is 52.7 Å². The number of benzene rings is 2. The summed E-state index contributed by atoms with van der Waals surface area (Å²) in [6.07, 6.45) is 5.06. The molecule has 2 N–H and O–H groups in total. The van der Waals surface area contributed by atoms with Crippen LogP contribution in [0, 0.1) is 5.92 Å². The Labute approximate surface area is 203 Å². The van der Waals surface area contributed by atoms with Crippen LogP contribution in [0.15, 0.2) is 30.3 Å². The van der Waals surface area contributed by atoms with Gasteiger partial charge in [0.1, 0.15) is 11.4 Å². The minimum atomic E-state index is -0.245. The number of hydrogen-bond donors (Lipinski definition) is 2. The van der Waals surface area contributed by atoms with Crippen LogP contribution in [-0.2, 0) is 17.8 Å². The van der Waals surface area contributed by atoms with E-state index in [0.29, 0.717) is 29.7 Å². The summed E-state index contributed by atoms with van der Waals surface area (Å²) >= 11 is 0. The molecule has 1 saturated heterocycles. The maximum Gasteiger partial charge on any atom is 0.258 e. The minimum Gasteiger partial charge on any atom is -0.507 e. The molecule has 0 bridgehead atoms. The van der Waals surface area contributed by atoms with Gasteiger partial charge in [0.15, 0.2) is 5.78 Å². The number of hydrogen-bond acceptors (Lipinski definition) is 6. The van der Waals surface area contributed by atoms with Crippen LogP contribution in [0.5, 0.6) is 5.75 Å². The van der Waals surface area contributed by atoms with Crippen molar-refractivity contribution in [3.8, 4) is 5.75 Å². The molecule has 2 aliphatic heterocycles. The molecule has 1 amide bonds. The average molecular weight is 475 g/mol. The first kappa shape index (κ1) is 22.1. The largest absolute Gasteiger partial charge is 0.507 e. The van der Waals surface area contributed by atoms with Crippen LogP contribution in [0.3, 0.4) is 0 Å². The van der Waals surface area contributed by atoms with Gasteiger partial charge in [-0.25, -0.2) is 0 Å². The molecule has 0 unspecified atom stereocenters. The number of aromatic nitrogens is 2. The van der Waals surface area contributed by atoms with Crippen LogP contribution >= 0.6 is 0 Å². The fourth-order valence-electron chi connectivity index (χ4n) is 5.68. The standard InChI is InChI=1S/C27H30N4O4/c32-24-14-23-21(25(29-28-23)26(33)17-4-2-1-3-5-17)13-22(24)27(34)31-15-18-6-7-20(12-19(18)16-31)30-8-10-35-11-9-30/h6-7,12-14,17,32H,1-5,8-11,15-16H2,(H,28,29). The molecular formula is C27H30N4O4. The van der Waals surface area contributed by atoms with E-state index in [4.69, 9.17) is 4.74 Å². The van der Waals surface area contributed by atoms with Crippen molar-refractivity contribution in [1.82, 2.24) is 15.1 Å². The fourth-order valence-corrected chi connectivity index (χ4v) is 5.68. The third-order valence-electron chi connectivity index (χ3n) is 7.69. The van der Waals surface area contributed by atoms with Crippen molar-refractivity contribution in [2.75, 3.05) is 31.2 Å². The van der Waals surface area contributed by atoms with Crippen LogP contribution in [0.1, 0.15) is 64.1 Å². The summed E-state index contributed by atoms with van der Waals surface area (Å²) in [5.74, 6) is -0.334. The van der Waals surface area contributed by atoms with E-state index in [9.17, 15) is 14.7 Å². The first-order valence-electron chi connectivity index (χ1n) is 12.6. The molecule has 1 saturated carbocycles. The topological polar surface area (TPSA) is 98.8 Å². The van der Waals surface area contributed by atoms with Gasteiger partial charge in [0.05, 0.1) is 24.3 Å². The Morgan fingerprint density at radius 3 is 2.57 bits per heavy atom. The van der Waals surface area contributed by atoms with Crippen molar-refractivity contribution in [3.63, 3.8) is 0 Å². The SMILES string of the molecule is O=C(c1n[nH]c2cc(O)c(C(=O)N3Cc4ccc(N5CCOCC5)cc4C3)cc12)C1CCCCC1. The monoisotopic (exact) mass is 474 g/mol. The molecular weight excluding hydrogens is 444 g/mol. The number of carbonyl (C=O) groups excluding carboxylic acids is 2. The highest BCUT2D eigenvalue weighted by atomic mass is 16.5. The van der Waals surface area contributed by atoms with E-state index in [1.54, 1.807) is 11.0 Å². The number of aromatic amines is 1. The van der Waals surface area contributed by atoms with Crippen LogP contribution in [-0.4, -0.2) is 58.2 Å². The van der Waals surface area contributed by atoms with Crippen molar-refractivity contribution in [1.29, 1.82) is 0 Å². The Morgan fingerprint density at radius 1 is 1.00 bits per heavy atom. The Kier molecular flexibility index (Phi) is 5.68. The van der Waals surface area contributed by atoms with E-state index in [0.717, 1.165) is 68.8 Å². The Morgan fingerprint density at radius 2 is 1.77 bits per heavy atom. The Hall–Kier alpha value is -3.39. The second-order valence-electron chi connectivity index (χ2n) is 9.90. The number of phenols is 1. The molecule has 1 aliphatic carbocycles. The highest BCUT2D eigenvalue weighted by molar-refractivity contribution is 6.10. The van der Waals surface area contributed by atoms with Crippen molar-refractivity contribution < 1.29 is 19.4 Å². The van der Waals surface area contributed by atoms with Crippen LogP contribution in [0.2, 0.25) is 0 Å². The number of rotatable bonds is 4. The van der Waals surface area contributed by atoms with Gasteiger partial charge in [0, 0.05) is 49.2 Å². The number of nitrogens with one attached hydrogen (secondary N) is 1. The second-order valence-corrected chi connectivity index (χ2v) is 9.90. The number of carbonyl (C=O) groups is 2. The van der Waals surface area contributed by atoms with E-state index in [1.807, 2.05) is 0 Å². The molecule has 1 aromatic heterocycles. The van der Waals surface area contributed by atoms with E-state index in [1.165, 1.54) is 12.5 Å². The normalized spacial score (nSPS) is 18.7. The van der Waals surface area contributed by atoms with Gasteiger partial charge in [0.25, 0.3) is 5.91 Å². The number of ether oxygens (including phenoxy) is 1. The van der Waals surface area contributed by atoms with Gasteiger partial charge in [-0.15, -0.1) is 0 Å². The van der Waals surface area contributed by atoms with E-state index >= 15 is 0 Å². The highest BCUT2D eigenvalue weighted by Gasteiger charge is 2.30. The lowest BCUT2D eigenvalue weighted by molar-refractivity contribution is 0.0748. The molecule has 2 aromatic carbocycles. The first-order valence-corrected chi connectivity index (χ1v) is 12.6. The van der Waals surface area contributed by atoms with Gasteiger partial charge in [-0.2, -0.15) is 5.10 Å². The number of morpholine rings is 1. The van der Waals surface area contributed by atoms with Gasteiger partial charge in [-0.05, 0) is 42.2 Å². The minimum absolute atomic E-state index is 0.0167. The van der Waals surface area contributed by atoms with Gasteiger partial charge >= 0.3 is 0 Å². The summed E-state index contributed by atoms with van der Waals surface area (Å²) in [6.45, 7) is 4.16. The van der Waals surface area contributed by atoms with Crippen LogP contribution in [0.25, 0.3) is 10.9 Å². The molecule has 3 aliphatic rings. The predicted molar refractivity (Wildman–Crippen MR) is 132 cm³/mol. The molecule has 0 radical (unpaired) electrons. The molecule has 6 rings (SSSR count). The Bertz CT molecular complexity index is 1290. The van der Waals surface area contributed by atoms with Gasteiger partial charge < -0.3 is 19.6 Å². The number of nitrogens with zero attached hydrogens (tertiary/aromatic N) is 3. The predicted octanol–water partition coefficient (Wildman–Crippen LogP) is 4.02. The first-order chi connectivity index (χ1) is 17.1. The number of aromatic hydroxyl groups is 1. The number of H-pyrrole nitrogens is 1. The zero-order valence-electron chi connectivity index (χ0n) is 19.8. The van der Waals surface area contributed by atoms with Gasteiger partial charge in [-0.1, -0.05) is 25.3 Å². The van der Waals surface area contributed by atoms with E-state index < -0.39 is 0 Å². The summed E-state index contributed by atoms with van der Waals surface area (Å²) in [7, 11) is 0. The maximum absolute atomic E-state index is 13.5. The molecule has 0 atom stereocenters. The Balaban J connectivity index is 1.25. The third kappa shape index (κ3) is 4.05. The number of Topliss-reactive ketones (excluding diaryl/α,β-unsaturated/α-hetero) is 1. The number of phenolic OH excluding ortho intramolecular Hbond substituents is 1. The lowest BCUT2D eigenvalue weighted by Crippen LogP contribution is -2.36. The van der Waals surface area contributed by atoms with Crippen molar-refractivity contribution in [2.24, 2.45) is 5.92 Å². The fraction of sp³-hybridized carbons (Fsp3) is 0.444. The van der Waals surface area contributed by atoms with Gasteiger partial charge in [0.2, 0.25) is 0 Å².